The Morgan fingerprint density at radius 1 is 0.323 bits per heavy atom. The number of aromatic nitrogens is 4. The van der Waals surface area contributed by atoms with Crippen LogP contribution in [0.2, 0.25) is 0 Å². The first-order valence-electron chi connectivity index (χ1n) is 20.9. The van der Waals surface area contributed by atoms with Crippen molar-refractivity contribution in [2.24, 2.45) is 0 Å². The first-order chi connectivity index (χ1) is 30.7. The zero-order chi connectivity index (χ0) is 40.7. The highest BCUT2D eigenvalue weighted by Crippen LogP contribution is 2.43. The van der Waals surface area contributed by atoms with Crippen LogP contribution in [-0.4, -0.2) is 19.5 Å². The molecule has 10 aromatic carbocycles. The molecule has 13 rings (SSSR count). The molecule has 3 heterocycles. The molecular formula is C57H34N4O. The molecule has 0 N–H and O–H groups in total. The summed E-state index contributed by atoms with van der Waals surface area (Å²) in [5.74, 6) is 1.79. The second kappa shape index (κ2) is 13.6. The number of rotatable bonds is 5. The van der Waals surface area contributed by atoms with E-state index in [1.54, 1.807) is 0 Å². The molecule has 13 aromatic rings. The monoisotopic (exact) mass is 790 g/mol. The number of furan rings is 1. The van der Waals surface area contributed by atoms with Crippen LogP contribution in [0.1, 0.15) is 0 Å². The van der Waals surface area contributed by atoms with E-state index in [2.05, 4.69) is 193 Å². The van der Waals surface area contributed by atoms with Crippen molar-refractivity contribution in [2.45, 2.75) is 0 Å². The molecule has 0 saturated carbocycles. The van der Waals surface area contributed by atoms with Gasteiger partial charge >= 0.3 is 0 Å². The van der Waals surface area contributed by atoms with Crippen molar-refractivity contribution < 1.29 is 4.42 Å². The van der Waals surface area contributed by atoms with Gasteiger partial charge in [-0.15, -0.1) is 0 Å². The van der Waals surface area contributed by atoms with Gasteiger partial charge in [0, 0.05) is 38.2 Å². The molecule has 0 aliphatic carbocycles. The summed E-state index contributed by atoms with van der Waals surface area (Å²) in [4.78, 5) is 16.0. The van der Waals surface area contributed by atoms with E-state index >= 15 is 0 Å². The van der Waals surface area contributed by atoms with Crippen molar-refractivity contribution in [3.63, 3.8) is 0 Å². The van der Waals surface area contributed by atoms with Crippen LogP contribution in [-0.2, 0) is 0 Å². The second-order valence-electron chi connectivity index (χ2n) is 16.0. The molecule has 3 aromatic heterocycles. The minimum atomic E-state index is 0.577. The molecule has 0 aliphatic rings. The lowest BCUT2D eigenvalue weighted by Crippen LogP contribution is -2.02. The fraction of sp³-hybridized carbons (Fsp3) is 0. The zero-order valence-electron chi connectivity index (χ0n) is 33.3. The van der Waals surface area contributed by atoms with Gasteiger partial charge in [-0.05, 0) is 92.0 Å². The summed E-state index contributed by atoms with van der Waals surface area (Å²) in [5.41, 5.74) is 9.67. The van der Waals surface area contributed by atoms with Crippen LogP contribution in [0.5, 0.6) is 0 Å². The van der Waals surface area contributed by atoms with Crippen LogP contribution in [0.4, 0.5) is 0 Å². The zero-order valence-corrected chi connectivity index (χ0v) is 33.3. The molecule has 5 nitrogen and oxygen atoms in total. The molecule has 0 radical (unpaired) electrons. The Bertz CT molecular complexity index is 3840. The summed E-state index contributed by atoms with van der Waals surface area (Å²) in [6.07, 6.45) is 0. The molecule has 288 valence electrons. The van der Waals surface area contributed by atoms with E-state index in [1.165, 1.54) is 32.3 Å². The van der Waals surface area contributed by atoms with Crippen LogP contribution in [0.15, 0.2) is 211 Å². The summed E-state index contributed by atoms with van der Waals surface area (Å²) in [5, 5.41) is 11.3. The molecule has 0 unspecified atom stereocenters. The van der Waals surface area contributed by atoms with E-state index in [0.29, 0.717) is 17.5 Å². The third-order valence-corrected chi connectivity index (χ3v) is 12.4. The van der Waals surface area contributed by atoms with Gasteiger partial charge in [0.25, 0.3) is 0 Å². The predicted octanol–water partition coefficient (Wildman–Crippen LogP) is 15.0. The lowest BCUT2D eigenvalue weighted by Gasteiger charge is -2.14. The number of para-hydroxylation sites is 1. The summed E-state index contributed by atoms with van der Waals surface area (Å²) in [6.45, 7) is 0. The van der Waals surface area contributed by atoms with Gasteiger partial charge < -0.3 is 8.98 Å². The van der Waals surface area contributed by atoms with E-state index in [4.69, 9.17) is 19.4 Å². The van der Waals surface area contributed by atoms with E-state index in [9.17, 15) is 0 Å². The Kier molecular flexibility index (Phi) is 7.54. The van der Waals surface area contributed by atoms with Crippen LogP contribution >= 0.6 is 0 Å². The Labute approximate surface area is 355 Å². The minimum Gasteiger partial charge on any atom is -0.454 e. The van der Waals surface area contributed by atoms with E-state index in [-0.39, 0.29) is 0 Å². The standard InChI is InChI=1S/C57H34N4O/c1-2-14-35(15-3-1)37-22-12-23-42(28-37)55-58-56(60-57(59-55)46-26-13-21-36-16-8-9-24-44(36)46)43-31-49-45-25-10-11-27-53(45)62-54(49)52(34-43)61-50-32-40-19-6-4-17-38(40)29-47(50)48-30-39-18-5-7-20-41(39)33-51(48)61/h1-34H. The topological polar surface area (TPSA) is 56.7 Å². The summed E-state index contributed by atoms with van der Waals surface area (Å²) in [6, 6.07) is 72.8. The molecule has 0 bridgehead atoms. The average Bonchev–Trinajstić information content (AvgIpc) is 3.87. The Balaban J connectivity index is 1.13. The fourth-order valence-electron chi connectivity index (χ4n) is 9.39. The highest BCUT2D eigenvalue weighted by Gasteiger charge is 2.23. The second-order valence-corrected chi connectivity index (χ2v) is 16.0. The lowest BCUT2D eigenvalue weighted by atomic mass is 10.0. The summed E-state index contributed by atoms with van der Waals surface area (Å²) >= 11 is 0. The van der Waals surface area contributed by atoms with Crippen molar-refractivity contribution in [3.05, 3.63) is 206 Å². The number of hydrogen-bond donors (Lipinski definition) is 0. The number of benzene rings is 10. The van der Waals surface area contributed by atoms with Gasteiger partial charge in [-0.25, -0.2) is 15.0 Å². The van der Waals surface area contributed by atoms with E-state index < -0.39 is 0 Å². The normalized spacial score (nSPS) is 11.9. The molecule has 0 spiro atoms. The quantitative estimate of drug-likeness (QED) is 0.174. The van der Waals surface area contributed by atoms with E-state index in [0.717, 1.165) is 77.2 Å². The van der Waals surface area contributed by atoms with Gasteiger partial charge in [-0.2, -0.15) is 0 Å². The summed E-state index contributed by atoms with van der Waals surface area (Å²) in [7, 11) is 0. The molecule has 5 heteroatoms. The molecule has 0 amide bonds. The Morgan fingerprint density at radius 3 is 1.58 bits per heavy atom. The van der Waals surface area contributed by atoms with Gasteiger partial charge in [-0.1, -0.05) is 158 Å². The molecular weight excluding hydrogens is 757 g/mol. The van der Waals surface area contributed by atoms with E-state index in [1.807, 2.05) is 18.2 Å². The van der Waals surface area contributed by atoms with Gasteiger partial charge in [0.1, 0.15) is 5.58 Å². The first-order valence-corrected chi connectivity index (χ1v) is 20.9. The van der Waals surface area contributed by atoms with Crippen LogP contribution < -0.4 is 0 Å². The summed E-state index contributed by atoms with van der Waals surface area (Å²) < 4.78 is 9.27. The van der Waals surface area contributed by atoms with Crippen molar-refractivity contribution in [3.8, 4) is 51.0 Å². The Hall–Kier alpha value is -8.41. The van der Waals surface area contributed by atoms with Gasteiger partial charge in [0.15, 0.2) is 23.1 Å². The highest BCUT2D eigenvalue weighted by molar-refractivity contribution is 6.18. The van der Waals surface area contributed by atoms with Crippen LogP contribution in [0.3, 0.4) is 0 Å². The maximum absolute atomic E-state index is 6.89. The van der Waals surface area contributed by atoms with Gasteiger partial charge in [-0.3, -0.25) is 0 Å². The maximum atomic E-state index is 6.89. The fourth-order valence-corrected chi connectivity index (χ4v) is 9.39. The largest absolute Gasteiger partial charge is 0.454 e. The lowest BCUT2D eigenvalue weighted by molar-refractivity contribution is 0.666. The number of nitrogens with zero attached hydrogens (tertiary/aromatic N) is 4. The van der Waals surface area contributed by atoms with Gasteiger partial charge in [0.05, 0.1) is 16.7 Å². The van der Waals surface area contributed by atoms with Crippen LogP contribution in [0.25, 0.3) is 127 Å². The average molecular weight is 791 g/mol. The molecule has 0 atom stereocenters. The van der Waals surface area contributed by atoms with Crippen molar-refractivity contribution in [1.82, 2.24) is 19.5 Å². The predicted molar refractivity (Wildman–Crippen MR) is 256 cm³/mol. The van der Waals surface area contributed by atoms with Gasteiger partial charge in [0.2, 0.25) is 0 Å². The van der Waals surface area contributed by atoms with Crippen molar-refractivity contribution in [2.75, 3.05) is 0 Å². The third-order valence-electron chi connectivity index (χ3n) is 12.4. The van der Waals surface area contributed by atoms with Crippen LogP contribution in [0, 0.1) is 0 Å². The van der Waals surface area contributed by atoms with Crippen molar-refractivity contribution >= 4 is 76.1 Å². The van der Waals surface area contributed by atoms with Crippen molar-refractivity contribution in [1.29, 1.82) is 0 Å². The minimum absolute atomic E-state index is 0.577. The molecule has 0 aliphatic heterocycles. The Morgan fingerprint density at radius 2 is 0.855 bits per heavy atom. The molecule has 62 heavy (non-hydrogen) atoms. The molecule has 0 saturated heterocycles. The maximum Gasteiger partial charge on any atom is 0.164 e. The number of fused-ring (bicyclic) bond motifs is 9. The SMILES string of the molecule is c1ccc(-c2cccc(-c3nc(-c4cc(-n5c6cc7ccccc7cc6c6cc7ccccc7cc65)c5oc6ccccc6c5c4)nc(-c4cccc5ccccc45)n3)c2)cc1. The smallest absolute Gasteiger partial charge is 0.164 e. The molecule has 0 fully saturated rings. The highest BCUT2D eigenvalue weighted by atomic mass is 16.3. The third kappa shape index (κ3) is 5.45. The first kappa shape index (κ1) is 34.5. The number of hydrogen-bond acceptors (Lipinski definition) is 4.